The molecule has 1 aliphatic heterocycles. The molecule has 1 saturated heterocycles. The van der Waals surface area contributed by atoms with Crippen molar-refractivity contribution < 1.29 is 8.42 Å². The highest BCUT2D eigenvalue weighted by atomic mass is 32.2. The highest BCUT2D eigenvalue weighted by molar-refractivity contribution is 7.90. The van der Waals surface area contributed by atoms with Gasteiger partial charge in [-0.2, -0.15) is 4.31 Å². The zero-order chi connectivity index (χ0) is 16.0. The molecule has 0 N–H and O–H groups in total. The van der Waals surface area contributed by atoms with E-state index in [2.05, 4.69) is 20.8 Å². The van der Waals surface area contributed by atoms with Gasteiger partial charge in [0.25, 0.3) is 0 Å². The summed E-state index contributed by atoms with van der Waals surface area (Å²) in [6.45, 7) is 6.49. The van der Waals surface area contributed by atoms with Gasteiger partial charge in [0.2, 0.25) is 10.0 Å². The van der Waals surface area contributed by atoms with Crippen LogP contribution in [0.1, 0.15) is 63.7 Å². The molecule has 4 heteroatoms. The molecule has 1 saturated carbocycles. The van der Waals surface area contributed by atoms with E-state index in [-0.39, 0.29) is 22.7 Å². The van der Waals surface area contributed by atoms with Crippen LogP contribution in [0.2, 0.25) is 0 Å². The Morgan fingerprint density at radius 3 is 2.14 bits per heavy atom. The molecule has 1 heterocycles. The summed E-state index contributed by atoms with van der Waals surface area (Å²) >= 11 is 0. The monoisotopic (exact) mass is 321 g/mol. The summed E-state index contributed by atoms with van der Waals surface area (Å²) in [6.07, 6.45) is 5.60. The second-order valence-corrected chi connectivity index (χ2v) is 9.77. The predicted octanol–water partition coefficient (Wildman–Crippen LogP) is 4.12. The molecule has 2 atom stereocenters. The highest BCUT2D eigenvalue weighted by Crippen LogP contribution is 2.52. The molecule has 2 fully saturated rings. The van der Waals surface area contributed by atoms with Gasteiger partial charge in [0, 0.05) is 6.04 Å². The zero-order valence-electron chi connectivity index (χ0n) is 13.8. The molecule has 3 rings (SSSR count). The van der Waals surface area contributed by atoms with E-state index in [1.807, 2.05) is 34.6 Å². The fraction of sp³-hybridized carbons (Fsp3) is 0.667. The van der Waals surface area contributed by atoms with Crippen molar-refractivity contribution in [1.82, 2.24) is 4.31 Å². The van der Waals surface area contributed by atoms with Gasteiger partial charge in [0.05, 0.1) is 6.04 Å². The Hall–Kier alpha value is -0.870. The van der Waals surface area contributed by atoms with Crippen LogP contribution in [-0.4, -0.2) is 24.8 Å². The molecule has 1 aromatic rings. The van der Waals surface area contributed by atoms with Crippen molar-refractivity contribution in [1.29, 1.82) is 0 Å². The van der Waals surface area contributed by atoms with Crippen molar-refractivity contribution in [3.8, 4) is 0 Å². The molecular formula is C18H27NO2S. The summed E-state index contributed by atoms with van der Waals surface area (Å²) in [5.41, 5.74) is 0.887. The van der Waals surface area contributed by atoms with E-state index in [1.165, 1.54) is 6.42 Å². The second-order valence-electron chi connectivity index (χ2n) is 7.81. The fourth-order valence-corrected chi connectivity index (χ4v) is 6.94. The average molecular weight is 321 g/mol. The van der Waals surface area contributed by atoms with Crippen LogP contribution in [0.3, 0.4) is 0 Å². The van der Waals surface area contributed by atoms with Gasteiger partial charge in [-0.15, -0.1) is 0 Å². The van der Waals surface area contributed by atoms with Crippen LogP contribution >= 0.6 is 0 Å². The first-order chi connectivity index (χ1) is 10.3. The number of hydrogen-bond donors (Lipinski definition) is 0. The predicted molar refractivity (Wildman–Crippen MR) is 90.1 cm³/mol. The number of sulfonamides is 1. The molecule has 0 aromatic heterocycles. The van der Waals surface area contributed by atoms with E-state index in [0.717, 1.165) is 31.2 Å². The van der Waals surface area contributed by atoms with E-state index in [4.69, 9.17) is 0 Å². The van der Waals surface area contributed by atoms with Gasteiger partial charge >= 0.3 is 0 Å². The largest absolute Gasteiger partial charge is 0.223 e. The topological polar surface area (TPSA) is 37.4 Å². The van der Waals surface area contributed by atoms with Gasteiger partial charge in [-0.1, -0.05) is 70.4 Å². The minimum atomic E-state index is -3.21. The van der Waals surface area contributed by atoms with Crippen molar-refractivity contribution in [3.63, 3.8) is 0 Å². The maximum absolute atomic E-state index is 13.0. The standard InChI is InChI=1S/C18H27NO2S/c1-18(2,3)17-16(14-10-6-4-7-11-14)22(20,21)19(17)15-12-8-5-9-13-15/h4,6-7,10-11,15-17H,5,8-9,12-13H2,1-3H3/t16-,17+/m1/s1. The maximum Gasteiger partial charge on any atom is 0.223 e. The second kappa shape index (κ2) is 5.64. The minimum absolute atomic E-state index is 0.0523. The van der Waals surface area contributed by atoms with Crippen molar-refractivity contribution in [2.24, 2.45) is 5.41 Å². The quantitative estimate of drug-likeness (QED) is 0.821. The fourth-order valence-electron chi connectivity index (χ4n) is 4.13. The van der Waals surface area contributed by atoms with Crippen molar-refractivity contribution in [2.45, 2.75) is 70.2 Å². The minimum Gasteiger partial charge on any atom is -0.211 e. The van der Waals surface area contributed by atoms with E-state index in [9.17, 15) is 8.42 Å². The summed E-state index contributed by atoms with van der Waals surface area (Å²) in [5, 5.41) is -0.379. The first-order valence-electron chi connectivity index (χ1n) is 8.41. The van der Waals surface area contributed by atoms with Gasteiger partial charge in [-0.05, 0) is 23.8 Å². The smallest absolute Gasteiger partial charge is 0.211 e. The Bertz CT molecular complexity index is 612. The molecule has 0 spiro atoms. The van der Waals surface area contributed by atoms with Gasteiger partial charge < -0.3 is 0 Å². The number of hydrogen-bond acceptors (Lipinski definition) is 2. The van der Waals surface area contributed by atoms with Crippen molar-refractivity contribution >= 4 is 10.0 Å². The lowest BCUT2D eigenvalue weighted by atomic mass is 9.80. The van der Waals surface area contributed by atoms with Crippen molar-refractivity contribution in [2.75, 3.05) is 0 Å². The molecule has 0 amide bonds. The highest BCUT2D eigenvalue weighted by Gasteiger charge is 2.60. The summed E-state index contributed by atoms with van der Waals surface area (Å²) in [4.78, 5) is 0. The van der Waals surface area contributed by atoms with Gasteiger partial charge in [0.15, 0.2) is 0 Å². The van der Waals surface area contributed by atoms with Crippen LogP contribution in [0.4, 0.5) is 0 Å². The molecule has 22 heavy (non-hydrogen) atoms. The molecule has 1 aliphatic carbocycles. The molecule has 0 unspecified atom stereocenters. The van der Waals surface area contributed by atoms with Crippen LogP contribution < -0.4 is 0 Å². The summed E-state index contributed by atoms with van der Waals surface area (Å²) in [5.74, 6) is 0. The van der Waals surface area contributed by atoms with E-state index < -0.39 is 10.0 Å². The number of nitrogens with zero attached hydrogens (tertiary/aromatic N) is 1. The Morgan fingerprint density at radius 2 is 1.59 bits per heavy atom. The normalized spacial score (nSPS) is 30.0. The van der Waals surface area contributed by atoms with Crippen LogP contribution in [0.5, 0.6) is 0 Å². The zero-order valence-corrected chi connectivity index (χ0v) is 14.6. The lowest BCUT2D eigenvalue weighted by Crippen LogP contribution is -2.66. The molecule has 2 aliphatic rings. The molecule has 1 aromatic carbocycles. The van der Waals surface area contributed by atoms with E-state index in [0.29, 0.717) is 0 Å². The van der Waals surface area contributed by atoms with Crippen LogP contribution in [-0.2, 0) is 10.0 Å². The number of rotatable bonds is 2. The average Bonchev–Trinajstić information content (AvgIpc) is 2.46. The molecule has 3 nitrogen and oxygen atoms in total. The summed E-state index contributed by atoms with van der Waals surface area (Å²) in [7, 11) is -3.21. The Morgan fingerprint density at radius 1 is 1.00 bits per heavy atom. The lowest BCUT2D eigenvalue weighted by molar-refractivity contribution is 0.0771. The first-order valence-corrected chi connectivity index (χ1v) is 9.91. The molecule has 0 radical (unpaired) electrons. The maximum atomic E-state index is 13.0. The number of benzene rings is 1. The van der Waals surface area contributed by atoms with Crippen LogP contribution in [0.25, 0.3) is 0 Å². The van der Waals surface area contributed by atoms with Crippen LogP contribution in [0, 0.1) is 5.41 Å². The van der Waals surface area contributed by atoms with Gasteiger partial charge in [-0.3, -0.25) is 0 Å². The van der Waals surface area contributed by atoms with E-state index in [1.54, 1.807) is 0 Å². The lowest BCUT2D eigenvalue weighted by Gasteiger charge is -2.56. The summed E-state index contributed by atoms with van der Waals surface area (Å²) in [6, 6.07) is 10.0. The third kappa shape index (κ3) is 2.61. The SMILES string of the molecule is CC(C)(C)[C@@H]1[C@@H](c2ccccc2)S(=O)(=O)N1C1CCCCC1. The van der Waals surface area contributed by atoms with Gasteiger partial charge in [0.1, 0.15) is 5.25 Å². The third-order valence-corrected chi connectivity index (χ3v) is 7.41. The Labute approximate surface area is 134 Å². The molecule has 0 bridgehead atoms. The third-order valence-electron chi connectivity index (χ3n) is 5.13. The van der Waals surface area contributed by atoms with Gasteiger partial charge in [-0.25, -0.2) is 8.42 Å². The molecular weight excluding hydrogens is 294 g/mol. The molecule has 122 valence electrons. The Kier molecular flexibility index (Phi) is 4.11. The summed E-state index contributed by atoms with van der Waals surface area (Å²) < 4.78 is 27.9. The van der Waals surface area contributed by atoms with E-state index >= 15 is 0 Å². The van der Waals surface area contributed by atoms with Crippen LogP contribution in [0.15, 0.2) is 30.3 Å². The van der Waals surface area contributed by atoms with Crippen molar-refractivity contribution in [3.05, 3.63) is 35.9 Å². The Balaban J connectivity index is 1.98. The first kappa shape index (κ1) is 16.0.